The standard InChI is InChI=1S/C15H16ClNO/c1-3-8-17-10-13-6-7-15(18-13)12-5-4-11(2)14(16)9-12/h3-7,9,17H,1,8,10H2,2H3. The lowest BCUT2D eigenvalue weighted by Gasteiger charge is -2.01. The van der Waals surface area contributed by atoms with Gasteiger partial charge in [-0.15, -0.1) is 6.58 Å². The molecule has 0 atom stereocenters. The molecule has 0 bridgehead atoms. The summed E-state index contributed by atoms with van der Waals surface area (Å²) in [5, 5.41) is 3.96. The van der Waals surface area contributed by atoms with Crippen LogP contribution in [-0.4, -0.2) is 6.54 Å². The number of hydrogen-bond donors (Lipinski definition) is 1. The Balaban J connectivity index is 2.13. The quantitative estimate of drug-likeness (QED) is 0.645. The average Bonchev–Trinajstić information content (AvgIpc) is 2.82. The second-order valence-electron chi connectivity index (χ2n) is 4.15. The van der Waals surface area contributed by atoms with Crippen molar-refractivity contribution in [2.75, 3.05) is 6.54 Å². The van der Waals surface area contributed by atoms with E-state index in [2.05, 4.69) is 11.9 Å². The summed E-state index contributed by atoms with van der Waals surface area (Å²) in [6, 6.07) is 9.87. The van der Waals surface area contributed by atoms with E-state index in [0.29, 0.717) is 6.54 Å². The topological polar surface area (TPSA) is 25.2 Å². The van der Waals surface area contributed by atoms with Gasteiger partial charge in [0, 0.05) is 17.1 Å². The van der Waals surface area contributed by atoms with E-state index in [9.17, 15) is 0 Å². The largest absolute Gasteiger partial charge is 0.460 e. The smallest absolute Gasteiger partial charge is 0.134 e. The van der Waals surface area contributed by atoms with Crippen molar-refractivity contribution in [3.05, 3.63) is 59.3 Å². The molecule has 1 N–H and O–H groups in total. The van der Waals surface area contributed by atoms with Crippen LogP contribution in [0.1, 0.15) is 11.3 Å². The van der Waals surface area contributed by atoms with Crippen LogP contribution >= 0.6 is 11.6 Å². The van der Waals surface area contributed by atoms with Crippen LogP contribution in [0.4, 0.5) is 0 Å². The summed E-state index contributed by atoms with van der Waals surface area (Å²) in [6.45, 7) is 7.11. The number of nitrogens with one attached hydrogen (secondary N) is 1. The van der Waals surface area contributed by atoms with Gasteiger partial charge in [0.2, 0.25) is 0 Å². The zero-order valence-electron chi connectivity index (χ0n) is 10.4. The van der Waals surface area contributed by atoms with E-state index in [4.69, 9.17) is 16.0 Å². The minimum Gasteiger partial charge on any atom is -0.460 e. The molecule has 2 nitrogen and oxygen atoms in total. The van der Waals surface area contributed by atoms with Gasteiger partial charge in [-0.05, 0) is 30.7 Å². The molecule has 18 heavy (non-hydrogen) atoms. The van der Waals surface area contributed by atoms with Crippen molar-refractivity contribution in [3.8, 4) is 11.3 Å². The molecule has 0 saturated heterocycles. The van der Waals surface area contributed by atoms with E-state index >= 15 is 0 Å². The van der Waals surface area contributed by atoms with Gasteiger partial charge >= 0.3 is 0 Å². The van der Waals surface area contributed by atoms with Gasteiger partial charge in [0.05, 0.1) is 6.54 Å². The zero-order valence-corrected chi connectivity index (χ0v) is 11.1. The zero-order chi connectivity index (χ0) is 13.0. The summed E-state index contributed by atoms with van der Waals surface area (Å²) < 4.78 is 5.76. The third kappa shape index (κ3) is 3.03. The monoisotopic (exact) mass is 261 g/mol. The molecule has 0 saturated carbocycles. The van der Waals surface area contributed by atoms with Gasteiger partial charge in [0.25, 0.3) is 0 Å². The summed E-state index contributed by atoms with van der Waals surface area (Å²) in [5.74, 6) is 1.75. The first kappa shape index (κ1) is 12.9. The number of benzene rings is 1. The third-order valence-corrected chi connectivity index (χ3v) is 3.11. The van der Waals surface area contributed by atoms with Crippen molar-refractivity contribution in [1.29, 1.82) is 0 Å². The highest BCUT2D eigenvalue weighted by Gasteiger charge is 2.06. The Bertz CT molecular complexity index is 545. The summed E-state index contributed by atoms with van der Waals surface area (Å²) >= 11 is 6.11. The number of halogens is 1. The van der Waals surface area contributed by atoms with Gasteiger partial charge in [-0.1, -0.05) is 29.8 Å². The molecule has 1 aromatic carbocycles. The number of rotatable bonds is 5. The van der Waals surface area contributed by atoms with Crippen LogP contribution in [0.2, 0.25) is 5.02 Å². The van der Waals surface area contributed by atoms with Gasteiger partial charge in [-0.3, -0.25) is 0 Å². The van der Waals surface area contributed by atoms with Gasteiger partial charge in [-0.2, -0.15) is 0 Å². The number of aryl methyl sites for hydroxylation is 1. The van der Waals surface area contributed by atoms with Crippen LogP contribution < -0.4 is 5.32 Å². The minimum absolute atomic E-state index is 0.700. The van der Waals surface area contributed by atoms with E-state index < -0.39 is 0 Å². The van der Waals surface area contributed by atoms with Crippen LogP contribution in [0, 0.1) is 6.92 Å². The van der Waals surface area contributed by atoms with Crippen molar-refractivity contribution in [1.82, 2.24) is 5.32 Å². The molecule has 0 spiro atoms. The van der Waals surface area contributed by atoms with E-state index in [1.54, 1.807) is 0 Å². The van der Waals surface area contributed by atoms with Crippen LogP contribution in [0.3, 0.4) is 0 Å². The normalized spacial score (nSPS) is 10.6. The fraction of sp³-hybridized carbons (Fsp3) is 0.200. The van der Waals surface area contributed by atoms with Crippen molar-refractivity contribution >= 4 is 11.6 Å². The second kappa shape index (κ2) is 5.89. The molecule has 0 amide bonds. The molecule has 1 aromatic heterocycles. The predicted octanol–water partition coefficient (Wildman–Crippen LogP) is 4.18. The van der Waals surface area contributed by atoms with Gasteiger partial charge in [0.15, 0.2) is 0 Å². The van der Waals surface area contributed by atoms with Gasteiger partial charge in [-0.25, -0.2) is 0 Å². The molecule has 3 heteroatoms. The highest BCUT2D eigenvalue weighted by molar-refractivity contribution is 6.31. The first-order chi connectivity index (χ1) is 8.70. The molecule has 0 aliphatic rings. The van der Waals surface area contributed by atoms with Crippen molar-refractivity contribution in [3.63, 3.8) is 0 Å². The Kier molecular flexibility index (Phi) is 4.24. The molecular weight excluding hydrogens is 246 g/mol. The van der Waals surface area contributed by atoms with Crippen molar-refractivity contribution < 1.29 is 4.42 Å². The molecule has 0 aliphatic carbocycles. The second-order valence-corrected chi connectivity index (χ2v) is 4.56. The maximum atomic E-state index is 6.11. The van der Waals surface area contributed by atoms with E-state index in [1.807, 2.05) is 43.3 Å². The molecule has 0 aliphatic heterocycles. The summed E-state index contributed by atoms with van der Waals surface area (Å²) in [4.78, 5) is 0. The fourth-order valence-corrected chi connectivity index (χ4v) is 1.85. The maximum Gasteiger partial charge on any atom is 0.134 e. The van der Waals surface area contributed by atoms with Gasteiger partial charge in [0.1, 0.15) is 11.5 Å². The van der Waals surface area contributed by atoms with Crippen molar-refractivity contribution in [2.24, 2.45) is 0 Å². The van der Waals surface area contributed by atoms with E-state index in [1.165, 1.54) is 0 Å². The summed E-state index contributed by atoms with van der Waals surface area (Å²) in [6.07, 6.45) is 1.82. The van der Waals surface area contributed by atoms with Crippen LogP contribution in [0.5, 0.6) is 0 Å². The maximum absolute atomic E-state index is 6.11. The minimum atomic E-state index is 0.700. The first-order valence-corrected chi connectivity index (χ1v) is 6.25. The fourth-order valence-electron chi connectivity index (χ4n) is 1.67. The van der Waals surface area contributed by atoms with E-state index in [0.717, 1.165) is 34.2 Å². The highest BCUT2D eigenvalue weighted by Crippen LogP contribution is 2.26. The lowest BCUT2D eigenvalue weighted by molar-refractivity contribution is 0.502. The lowest BCUT2D eigenvalue weighted by atomic mass is 10.1. The highest BCUT2D eigenvalue weighted by atomic mass is 35.5. The number of furan rings is 1. The molecule has 1 heterocycles. The van der Waals surface area contributed by atoms with Crippen molar-refractivity contribution in [2.45, 2.75) is 13.5 Å². The number of hydrogen-bond acceptors (Lipinski definition) is 2. The Morgan fingerprint density at radius 2 is 2.17 bits per heavy atom. The first-order valence-electron chi connectivity index (χ1n) is 5.87. The molecule has 0 radical (unpaired) electrons. The third-order valence-electron chi connectivity index (χ3n) is 2.71. The Morgan fingerprint density at radius 1 is 1.33 bits per heavy atom. The molecule has 0 fully saturated rings. The molecule has 2 rings (SSSR count). The molecule has 2 aromatic rings. The van der Waals surface area contributed by atoms with Crippen LogP contribution in [-0.2, 0) is 6.54 Å². The average molecular weight is 262 g/mol. The Labute approximate surface area is 112 Å². The van der Waals surface area contributed by atoms with Crippen LogP contribution in [0.25, 0.3) is 11.3 Å². The van der Waals surface area contributed by atoms with E-state index in [-0.39, 0.29) is 0 Å². The SMILES string of the molecule is C=CCNCc1ccc(-c2ccc(C)c(Cl)c2)o1. The lowest BCUT2D eigenvalue weighted by Crippen LogP contribution is -2.11. The van der Waals surface area contributed by atoms with Crippen LogP contribution in [0.15, 0.2) is 47.4 Å². The van der Waals surface area contributed by atoms with Gasteiger partial charge < -0.3 is 9.73 Å². The Hall–Kier alpha value is -1.51. The summed E-state index contributed by atoms with van der Waals surface area (Å²) in [7, 11) is 0. The molecular formula is C15H16ClNO. The summed E-state index contributed by atoms with van der Waals surface area (Å²) in [5.41, 5.74) is 2.07. The molecule has 94 valence electrons. The Morgan fingerprint density at radius 3 is 2.89 bits per heavy atom. The molecule has 0 unspecified atom stereocenters. The predicted molar refractivity (Wildman–Crippen MR) is 75.8 cm³/mol.